The number of rotatable bonds is 9. The standard InChI is InChI=1S/C25H26N4O6S3/c1-16(2)17-5-10-20(11-6-17)37(31,32)28-25(30)24(18-7-14-22-23(15-18)27-36-26-22)35-19-8-12-21(13-9-19)38(33,34)29(3)4/h5-16,24H,1-4H3,(H,28,30). The first-order valence-corrected chi connectivity index (χ1v) is 15.1. The van der Waals surface area contributed by atoms with Gasteiger partial charge in [0.2, 0.25) is 16.1 Å². The molecule has 0 saturated heterocycles. The van der Waals surface area contributed by atoms with E-state index >= 15 is 0 Å². The van der Waals surface area contributed by atoms with Crippen LogP contribution in [0.1, 0.15) is 37.0 Å². The third-order valence-electron chi connectivity index (χ3n) is 5.77. The lowest BCUT2D eigenvalue weighted by molar-refractivity contribution is -0.126. The Morgan fingerprint density at radius 1 is 0.842 bits per heavy atom. The minimum Gasteiger partial charge on any atom is -0.476 e. The fourth-order valence-corrected chi connectivity index (χ4v) is 5.95. The van der Waals surface area contributed by atoms with Crippen molar-refractivity contribution >= 4 is 48.7 Å². The summed E-state index contributed by atoms with van der Waals surface area (Å²) >= 11 is 1.00. The second-order valence-corrected chi connectivity index (χ2v) is 13.3. The number of fused-ring (bicyclic) bond motifs is 1. The number of hydrogen-bond acceptors (Lipinski definition) is 9. The summed E-state index contributed by atoms with van der Waals surface area (Å²) in [6, 6.07) is 16.6. The molecule has 4 aromatic rings. The summed E-state index contributed by atoms with van der Waals surface area (Å²) < 4.78 is 68.2. The highest BCUT2D eigenvalue weighted by Crippen LogP contribution is 2.27. The molecule has 0 aliphatic rings. The number of amides is 1. The van der Waals surface area contributed by atoms with Gasteiger partial charge in [-0.2, -0.15) is 8.75 Å². The Labute approximate surface area is 225 Å². The Morgan fingerprint density at radius 2 is 1.42 bits per heavy atom. The van der Waals surface area contributed by atoms with Crippen molar-refractivity contribution in [2.24, 2.45) is 0 Å². The number of ether oxygens (including phenoxy) is 1. The van der Waals surface area contributed by atoms with E-state index in [0.29, 0.717) is 16.6 Å². The van der Waals surface area contributed by atoms with Gasteiger partial charge in [0.25, 0.3) is 15.9 Å². The summed E-state index contributed by atoms with van der Waals surface area (Å²) in [7, 11) is -5.04. The molecule has 1 unspecified atom stereocenters. The molecule has 4 rings (SSSR count). The lowest BCUT2D eigenvalue weighted by Crippen LogP contribution is -2.36. The van der Waals surface area contributed by atoms with Crippen LogP contribution in [0.5, 0.6) is 5.75 Å². The van der Waals surface area contributed by atoms with E-state index in [1.165, 1.54) is 50.5 Å². The molecular formula is C25H26N4O6S3. The highest BCUT2D eigenvalue weighted by molar-refractivity contribution is 7.90. The van der Waals surface area contributed by atoms with Gasteiger partial charge in [-0.05, 0) is 60.0 Å². The van der Waals surface area contributed by atoms with Crippen molar-refractivity contribution in [3.05, 3.63) is 77.9 Å². The molecule has 13 heteroatoms. The van der Waals surface area contributed by atoms with Crippen LogP contribution in [0.15, 0.2) is 76.5 Å². The first-order chi connectivity index (χ1) is 17.9. The molecule has 1 aromatic heterocycles. The van der Waals surface area contributed by atoms with Gasteiger partial charge in [0.05, 0.1) is 21.5 Å². The largest absolute Gasteiger partial charge is 0.476 e. The van der Waals surface area contributed by atoms with E-state index in [4.69, 9.17) is 4.74 Å². The van der Waals surface area contributed by atoms with Crippen molar-refractivity contribution in [2.75, 3.05) is 14.1 Å². The van der Waals surface area contributed by atoms with Gasteiger partial charge in [-0.3, -0.25) is 4.79 Å². The molecule has 1 amide bonds. The van der Waals surface area contributed by atoms with Gasteiger partial charge in [0.1, 0.15) is 16.8 Å². The highest BCUT2D eigenvalue weighted by atomic mass is 32.2. The number of nitrogens with zero attached hydrogens (tertiary/aromatic N) is 3. The van der Waals surface area contributed by atoms with Crippen molar-refractivity contribution < 1.29 is 26.4 Å². The van der Waals surface area contributed by atoms with Crippen LogP contribution in [0.25, 0.3) is 11.0 Å². The van der Waals surface area contributed by atoms with Crippen molar-refractivity contribution in [1.29, 1.82) is 0 Å². The smallest absolute Gasteiger partial charge is 0.279 e. The van der Waals surface area contributed by atoms with Crippen LogP contribution < -0.4 is 9.46 Å². The van der Waals surface area contributed by atoms with E-state index in [1.807, 2.05) is 13.8 Å². The van der Waals surface area contributed by atoms with Crippen LogP contribution in [0.4, 0.5) is 0 Å². The summed E-state index contributed by atoms with van der Waals surface area (Å²) in [4.78, 5) is 13.3. The molecule has 0 radical (unpaired) electrons. The van der Waals surface area contributed by atoms with Crippen molar-refractivity contribution in [3.8, 4) is 5.75 Å². The molecule has 0 spiro atoms. The van der Waals surface area contributed by atoms with Gasteiger partial charge in [0.15, 0.2) is 0 Å². The van der Waals surface area contributed by atoms with Gasteiger partial charge in [0, 0.05) is 19.7 Å². The minimum absolute atomic E-state index is 0.0400. The molecule has 0 bridgehead atoms. The maximum atomic E-state index is 13.4. The van der Waals surface area contributed by atoms with Crippen LogP contribution in [0.2, 0.25) is 0 Å². The lowest BCUT2D eigenvalue weighted by atomic mass is 10.0. The van der Waals surface area contributed by atoms with Crippen LogP contribution >= 0.6 is 11.7 Å². The summed E-state index contributed by atoms with van der Waals surface area (Å²) in [5.41, 5.74) is 2.45. The Kier molecular flexibility index (Phi) is 7.83. The van der Waals surface area contributed by atoms with E-state index < -0.39 is 32.1 Å². The third-order valence-corrected chi connectivity index (χ3v) is 9.52. The summed E-state index contributed by atoms with van der Waals surface area (Å²) in [5.74, 6) is -0.545. The molecule has 0 aliphatic heterocycles. The number of benzene rings is 3. The molecule has 10 nitrogen and oxygen atoms in total. The number of hydrogen-bond donors (Lipinski definition) is 1. The minimum atomic E-state index is -4.20. The number of nitrogens with one attached hydrogen (secondary N) is 1. The number of sulfonamides is 2. The summed E-state index contributed by atoms with van der Waals surface area (Å²) in [5, 5.41) is 0. The average molecular weight is 575 g/mol. The third kappa shape index (κ3) is 5.85. The van der Waals surface area contributed by atoms with Crippen molar-refractivity contribution in [3.63, 3.8) is 0 Å². The molecule has 1 heterocycles. The zero-order valence-corrected chi connectivity index (χ0v) is 23.5. The van der Waals surface area contributed by atoms with Crippen LogP contribution in [0, 0.1) is 0 Å². The quantitative estimate of drug-likeness (QED) is 0.320. The Morgan fingerprint density at radius 3 is 2.03 bits per heavy atom. The SMILES string of the molecule is CC(C)c1ccc(S(=O)(=O)NC(=O)C(Oc2ccc(S(=O)(=O)N(C)C)cc2)c2ccc3nsnc3c2)cc1. The second-order valence-electron chi connectivity index (χ2n) is 8.96. The predicted octanol–water partition coefficient (Wildman–Crippen LogP) is 3.69. The number of aromatic nitrogens is 2. The van der Waals surface area contributed by atoms with Gasteiger partial charge in [-0.15, -0.1) is 0 Å². The predicted molar refractivity (Wildman–Crippen MR) is 144 cm³/mol. The first kappa shape index (κ1) is 27.6. The molecular weight excluding hydrogens is 548 g/mol. The Balaban J connectivity index is 1.65. The molecule has 38 heavy (non-hydrogen) atoms. The highest BCUT2D eigenvalue weighted by Gasteiger charge is 2.29. The van der Waals surface area contributed by atoms with E-state index in [9.17, 15) is 21.6 Å². The monoisotopic (exact) mass is 574 g/mol. The molecule has 200 valence electrons. The van der Waals surface area contributed by atoms with Crippen LogP contribution in [0.3, 0.4) is 0 Å². The molecule has 1 atom stereocenters. The molecule has 0 fully saturated rings. The fraction of sp³-hybridized carbons (Fsp3) is 0.240. The molecule has 1 N–H and O–H groups in total. The average Bonchev–Trinajstić information content (AvgIpc) is 3.35. The first-order valence-electron chi connectivity index (χ1n) is 11.5. The van der Waals surface area contributed by atoms with E-state index in [0.717, 1.165) is 21.6 Å². The van der Waals surface area contributed by atoms with Gasteiger partial charge >= 0.3 is 0 Å². The van der Waals surface area contributed by atoms with Crippen LogP contribution in [-0.4, -0.2) is 49.9 Å². The van der Waals surface area contributed by atoms with Crippen molar-refractivity contribution in [1.82, 2.24) is 17.8 Å². The van der Waals surface area contributed by atoms with Gasteiger partial charge < -0.3 is 4.74 Å². The zero-order chi connectivity index (χ0) is 27.7. The topological polar surface area (TPSA) is 136 Å². The fourth-order valence-electron chi connectivity index (χ4n) is 3.55. The lowest BCUT2D eigenvalue weighted by Gasteiger charge is -2.20. The Hall–Kier alpha value is -3.39. The van der Waals surface area contributed by atoms with Crippen LogP contribution in [-0.2, 0) is 24.8 Å². The molecule has 3 aromatic carbocycles. The van der Waals surface area contributed by atoms with E-state index in [2.05, 4.69) is 13.5 Å². The molecule has 0 saturated carbocycles. The van der Waals surface area contributed by atoms with Gasteiger partial charge in [-0.25, -0.2) is 25.9 Å². The van der Waals surface area contributed by atoms with E-state index in [-0.39, 0.29) is 21.5 Å². The van der Waals surface area contributed by atoms with Gasteiger partial charge in [-0.1, -0.05) is 32.0 Å². The van der Waals surface area contributed by atoms with Crippen molar-refractivity contribution in [2.45, 2.75) is 35.7 Å². The zero-order valence-electron chi connectivity index (χ0n) is 21.0. The maximum absolute atomic E-state index is 13.4. The summed E-state index contributed by atoms with van der Waals surface area (Å²) in [6.45, 7) is 3.98. The number of carbonyl (C=O) groups is 1. The number of carbonyl (C=O) groups excluding carboxylic acids is 1. The van der Waals surface area contributed by atoms with E-state index in [1.54, 1.807) is 30.3 Å². The summed E-state index contributed by atoms with van der Waals surface area (Å²) in [6.07, 6.45) is -1.39. The molecule has 0 aliphatic carbocycles. The second kappa shape index (κ2) is 10.8. The normalized spacial score (nSPS) is 13.1. The Bertz CT molecular complexity index is 1660. The maximum Gasteiger partial charge on any atom is 0.279 e.